The number of aliphatic hydroxyl groups is 4. The van der Waals surface area contributed by atoms with Gasteiger partial charge in [0, 0.05) is 0 Å². The summed E-state index contributed by atoms with van der Waals surface area (Å²) in [5, 5.41) is 38.0. The third-order valence-electron chi connectivity index (χ3n) is 3.78. The van der Waals surface area contributed by atoms with Crippen molar-refractivity contribution in [3.05, 3.63) is 29.8 Å². The highest BCUT2D eigenvalue weighted by Crippen LogP contribution is 2.41. The van der Waals surface area contributed by atoms with E-state index in [-0.39, 0.29) is 5.75 Å². The molecule has 1 aromatic carbocycles. The van der Waals surface area contributed by atoms with Gasteiger partial charge in [-0.25, -0.2) is 8.78 Å². The molecule has 1 aliphatic rings. The maximum atomic E-state index is 14.3. The van der Waals surface area contributed by atoms with Crippen LogP contribution in [0.15, 0.2) is 24.3 Å². The molecule has 0 aromatic heterocycles. The Morgan fingerprint density at radius 1 is 1.05 bits per heavy atom. The second-order valence-electron chi connectivity index (χ2n) is 5.29. The van der Waals surface area contributed by atoms with Gasteiger partial charge in [-0.2, -0.15) is 0 Å². The van der Waals surface area contributed by atoms with E-state index in [2.05, 4.69) is 0 Å². The van der Waals surface area contributed by atoms with Gasteiger partial charge in [0.1, 0.15) is 18.0 Å². The zero-order valence-electron chi connectivity index (χ0n) is 11.4. The van der Waals surface area contributed by atoms with Crippen LogP contribution >= 0.6 is 0 Å². The topological polar surface area (TPSA) is 90.2 Å². The summed E-state index contributed by atoms with van der Waals surface area (Å²) < 4.78 is 33.6. The maximum absolute atomic E-state index is 14.3. The van der Waals surface area contributed by atoms with E-state index in [9.17, 15) is 24.1 Å². The van der Waals surface area contributed by atoms with Crippen LogP contribution in [0.2, 0.25) is 0 Å². The van der Waals surface area contributed by atoms with Gasteiger partial charge in [0.25, 0.3) is 5.92 Å². The molecule has 0 radical (unpaired) electrons. The van der Waals surface area contributed by atoms with Crippen LogP contribution < -0.4 is 4.74 Å². The molecule has 0 saturated heterocycles. The minimum atomic E-state index is -3.70. The Hall–Kier alpha value is -1.28. The van der Waals surface area contributed by atoms with E-state index in [0.717, 1.165) is 5.56 Å². The fraction of sp³-hybridized carbons (Fsp3) is 0.571. The average molecular weight is 304 g/mol. The van der Waals surface area contributed by atoms with Crippen molar-refractivity contribution >= 4 is 0 Å². The molecule has 21 heavy (non-hydrogen) atoms. The highest BCUT2D eigenvalue weighted by atomic mass is 19.3. The van der Waals surface area contributed by atoms with Crippen molar-refractivity contribution in [1.29, 1.82) is 0 Å². The van der Waals surface area contributed by atoms with Crippen LogP contribution in [0.3, 0.4) is 0 Å². The largest absolute Gasteiger partial charge is 0.481 e. The lowest BCUT2D eigenvalue weighted by atomic mass is 9.78. The lowest BCUT2D eigenvalue weighted by molar-refractivity contribution is -0.266. The predicted molar refractivity (Wildman–Crippen MR) is 69.1 cm³/mol. The Bertz CT molecular complexity index is 479. The van der Waals surface area contributed by atoms with E-state index in [4.69, 9.17) is 9.84 Å². The summed E-state index contributed by atoms with van der Waals surface area (Å²) in [6, 6.07) is 6.22. The van der Waals surface area contributed by atoms with Gasteiger partial charge < -0.3 is 25.2 Å². The molecular formula is C14H18F2O5. The first kappa shape index (κ1) is 16.1. The van der Waals surface area contributed by atoms with Gasteiger partial charge >= 0.3 is 0 Å². The van der Waals surface area contributed by atoms with Crippen LogP contribution in [0, 0.1) is 12.8 Å². The van der Waals surface area contributed by atoms with E-state index >= 15 is 0 Å². The van der Waals surface area contributed by atoms with E-state index in [1.165, 1.54) is 12.1 Å². The normalized spacial score (nSPS) is 35.5. The molecule has 4 N–H and O–H groups in total. The van der Waals surface area contributed by atoms with Crippen molar-refractivity contribution in [3.63, 3.8) is 0 Å². The van der Waals surface area contributed by atoms with E-state index in [1.807, 2.05) is 6.92 Å². The molecule has 0 unspecified atom stereocenters. The summed E-state index contributed by atoms with van der Waals surface area (Å²) in [6.45, 7) is 0.779. The van der Waals surface area contributed by atoms with Crippen molar-refractivity contribution in [2.45, 2.75) is 37.3 Å². The Kier molecular flexibility index (Phi) is 4.48. The van der Waals surface area contributed by atoms with Crippen LogP contribution in [0.25, 0.3) is 0 Å². The summed E-state index contributed by atoms with van der Waals surface area (Å²) in [5.41, 5.74) is 0.905. The standard InChI is InChI=1S/C14H18F2O5/c1-7-2-4-8(5-3-7)21-13-12(20)11(19)10(18)9(6-17)14(13,15)16/h2-5,9-13,17-20H,6H2,1H3/t9-,10-,11+,12-,13+/m1/s1. The number of hydrogen-bond acceptors (Lipinski definition) is 5. The summed E-state index contributed by atoms with van der Waals surface area (Å²) in [6.07, 6.45) is -7.79. The predicted octanol–water partition coefficient (Wildman–Crippen LogP) is 0.0825. The van der Waals surface area contributed by atoms with Gasteiger partial charge in [-0.15, -0.1) is 0 Å². The molecule has 0 amide bonds. The number of aryl methyl sites for hydroxylation is 1. The molecule has 1 aromatic rings. The number of benzene rings is 1. The highest BCUT2D eigenvalue weighted by molar-refractivity contribution is 5.27. The first-order chi connectivity index (χ1) is 9.78. The lowest BCUT2D eigenvalue weighted by Crippen LogP contribution is -2.67. The van der Waals surface area contributed by atoms with Gasteiger partial charge in [-0.1, -0.05) is 17.7 Å². The fourth-order valence-electron chi connectivity index (χ4n) is 2.43. The molecule has 118 valence electrons. The van der Waals surface area contributed by atoms with Crippen LogP contribution in [0.1, 0.15) is 5.56 Å². The maximum Gasteiger partial charge on any atom is 0.294 e. The van der Waals surface area contributed by atoms with Gasteiger partial charge in [-0.05, 0) is 19.1 Å². The molecule has 5 nitrogen and oxygen atoms in total. The Morgan fingerprint density at radius 3 is 2.14 bits per heavy atom. The zero-order chi connectivity index (χ0) is 15.8. The van der Waals surface area contributed by atoms with Crippen LogP contribution in [0.4, 0.5) is 8.78 Å². The smallest absolute Gasteiger partial charge is 0.294 e. The van der Waals surface area contributed by atoms with Gasteiger partial charge in [-0.3, -0.25) is 0 Å². The Morgan fingerprint density at radius 2 is 1.62 bits per heavy atom. The SMILES string of the molecule is Cc1ccc(O[C@H]2[C@H](O)[C@@H](O)[C@H](O)[C@@H](CO)C2(F)F)cc1. The molecule has 1 fully saturated rings. The first-order valence-corrected chi connectivity index (χ1v) is 6.55. The summed E-state index contributed by atoms with van der Waals surface area (Å²) in [4.78, 5) is 0. The molecular weight excluding hydrogens is 286 g/mol. The summed E-state index contributed by atoms with van der Waals surface area (Å²) >= 11 is 0. The molecule has 7 heteroatoms. The van der Waals surface area contributed by atoms with E-state index in [0.29, 0.717) is 0 Å². The van der Waals surface area contributed by atoms with Crippen molar-refractivity contribution < 1.29 is 33.9 Å². The number of alkyl halides is 2. The Labute approximate surface area is 120 Å². The number of hydrogen-bond donors (Lipinski definition) is 4. The number of halogens is 2. The fourth-order valence-corrected chi connectivity index (χ4v) is 2.43. The second kappa shape index (κ2) is 5.84. The molecule has 1 aliphatic carbocycles. The summed E-state index contributed by atoms with van der Waals surface area (Å²) in [7, 11) is 0. The molecule has 1 saturated carbocycles. The van der Waals surface area contributed by atoms with Crippen LogP contribution in [-0.4, -0.2) is 57.4 Å². The van der Waals surface area contributed by atoms with Crippen molar-refractivity contribution in [3.8, 4) is 5.75 Å². The van der Waals surface area contributed by atoms with Gasteiger partial charge in [0.15, 0.2) is 6.10 Å². The highest BCUT2D eigenvalue weighted by Gasteiger charge is 2.62. The molecule has 0 spiro atoms. The third kappa shape index (κ3) is 2.87. The molecule has 0 aliphatic heterocycles. The summed E-state index contributed by atoms with van der Waals surface area (Å²) in [5.74, 6) is -5.51. The van der Waals surface area contributed by atoms with Crippen LogP contribution in [0.5, 0.6) is 5.75 Å². The monoisotopic (exact) mass is 304 g/mol. The second-order valence-corrected chi connectivity index (χ2v) is 5.29. The van der Waals surface area contributed by atoms with Crippen molar-refractivity contribution in [2.24, 2.45) is 5.92 Å². The van der Waals surface area contributed by atoms with Crippen LogP contribution in [-0.2, 0) is 0 Å². The minimum Gasteiger partial charge on any atom is -0.481 e. The average Bonchev–Trinajstić information content (AvgIpc) is 2.44. The van der Waals surface area contributed by atoms with Crippen molar-refractivity contribution in [1.82, 2.24) is 0 Å². The van der Waals surface area contributed by atoms with Crippen molar-refractivity contribution in [2.75, 3.05) is 6.61 Å². The molecule has 5 atom stereocenters. The zero-order valence-corrected chi connectivity index (χ0v) is 11.4. The Balaban J connectivity index is 2.28. The molecule has 2 rings (SSSR count). The van der Waals surface area contributed by atoms with E-state index in [1.54, 1.807) is 12.1 Å². The number of rotatable bonds is 3. The quantitative estimate of drug-likeness (QED) is 0.635. The van der Waals surface area contributed by atoms with Gasteiger partial charge in [0.05, 0.1) is 18.6 Å². The minimum absolute atomic E-state index is 0.101. The van der Waals surface area contributed by atoms with Gasteiger partial charge in [0.2, 0.25) is 0 Å². The van der Waals surface area contributed by atoms with E-state index < -0.39 is 42.9 Å². The third-order valence-corrected chi connectivity index (χ3v) is 3.78. The number of aliphatic hydroxyl groups excluding tert-OH is 4. The first-order valence-electron chi connectivity index (χ1n) is 6.55. The lowest BCUT2D eigenvalue weighted by Gasteiger charge is -2.45. The molecule has 0 heterocycles. The molecule has 0 bridgehead atoms. The number of ether oxygens (including phenoxy) is 1.